The molecule has 0 amide bonds. The van der Waals surface area contributed by atoms with E-state index in [2.05, 4.69) is 19.9 Å². The minimum absolute atomic E-state index is 0.00668. The molecule has 0 aromatic heterocycles. The lowest BCUT2D eigenvalue weighted by atomic mass is 10.0. The fourth-order valence-electron chi connectivity index (χ4n) is 2.88. The second kappa shape index (κ2) is 10.3. The molecule has 5 nitrogen and oxygen atoms in total. The zero-order chi connectivity index (χ0) is 22.3. The molecule has 30 heavy (non-hydrogen) atoms. The van der Waals surface area contributed by atoms with Gasteiger partial charge in [0.05, 0.1) is 0 Å². The van der Waals surface area contributed by atoms with Gasteiger partial charge in [-0.2, -0.15) is 0 Å². The topological polar surface area (TPSA) is 98.0 Å². The number of hydrogen-bond acceptors (Lipinski definition) is 5. The van der Waals surface area contributed by atoms with E-state index >= 15 is 0 Å². The number of ketones is 1. The molecular weight excluding hydrogens is 380 g/mol. The maximum atomic E-state index is 12.3. The highest BCUT2D eigenvalue weighted by Crippen LogP contribution is 2.33. The van der Waals surface area contributed by atoms with Crippen LogP contribution in [-0.4, -0.2) is 26.2 Å². The first kappa shape index (κ1) is 22.8. The van der Waals surface area contributed by atoms with Crippen molar-refractivity contribution in [3.05, 3.63) is 76.4 Å². The maximum absolute atomic E-state index is 12.3. The molecule has 0 spiro atoms. The van der Waals surface area contributed by atoms with E-state index in [1.54, 1.807) is 0 Å². The fraction of sp³-hybridized carbons (Fsp3) is 0.240. The second-order valence-corrected chi connectivity index (χ2v) is 7.48. The molecule has 0 heterocycles. The summed E-state index contributed by atoms with van der Waals surface area (Å²) in [5.41, 5.74) is 3.43. The molecule has 5 heteroatoms. The molecule has 0 saturated heterocycles. The van der Waals surface area contributed by atoms with Crippen LogP contribution in [-0.2, 0) is 6.42 Å². The van der Waals surface area contributed by atoms with Gasteiger partial charge in [0.25, 0.3) is 0 Å². The fourth-order valence-corrected chi connectivity index (χ4v) is 2.88. The normalized spacial score (nSPS) is 11.6. The number of phenols is 4. The molecular formula is C25H28O5. The lowest BCUT2D eigenvalue weighted by Gasteiger charge is -2.09. The van der Waals surface area contributed by atoms with E-state index in [-0.39, 0.29) is 28.6 Å². The second-order valence-electron chi connectivity index (χ2n) is 7.48. The molecule has 0 radical (unpaired) electrons. The Morgan fingerprint density at radius 1 is 0.900 bits per heavy atom. The smallest absolute Gasteiger partial charge is 0.185 e. The zero-order valence-corrected chi connectivity index (χ0v) is 17.5. The first-order valence-electron chi connectivity index (χ1n) is 9.76. The Balaban J connectivity index is 2.16. The third kappa shape index (κ3) is 6.27. The zero-order valence-electron chi connectivity index (χ0n) is 17.5. The number of phenolic OH excluding ortho intramolecular Hbond substituents is 4. The first-order chi connectivity index (χ1) is 14.2. The number of rotatable bonds is 8. The number of carbonyl (C=O) groups excluding carboxylic acids is 1. The summed E-state index contributed by atoms with van der Waals surface area (Å²) in [6.45, 7) is 6.13. The number of hydrogen-bond donors (Lipinski definition) is 4. The van der Waals surface area contributed by atoms with Crippen LogP contribution in [0.4, 0.5) is 0 Å². The van der Waals surface area contributed by atoms with Crippen LogP contribution in [0.1, 0.15) is 55.1 Å². The van der Waals surface area contributed by atoms with Crippen molar-refractivity contribution in [2.24, 2.45) is 0 Å². The summed E-state index contributed by atoms with van der Waals surface area (Å²) in [6, 6.07) is 6.81. The van der Waals surface area contributed by atoms with Gasteiger partial charge in [-0.1, -0.05) is 23.3 Å². The molecule has 0 bridgehead atoms. The van der Waals surface area contributed by atoms with Gasteiger partial charge in [-0.05, 0) is 82.5 Å². The lowest BCUT2D eigenvalue weighted by Crippen LogP contribution is -1.94. The molecule has 0 atom stereocenters. The predicted molar refractivity (Wildman–Crippen MR) is 119 cm³/mol. The Bertz CT molecular complexity index is 1010. The summed E-state index contributed by atoms with van der Waals surface area (Å²) in [5.74, 6) is -1.17. The van der Waals surface area contributed by atoms with Crippen LogP contribution in [0.15, 0.2) is 59.7 Å². The van der Waals surface area contributed by atoms with E-state index < -0.39 is 5.78 Å². The van der Waals surface area contributed by atoms with Crippen LogP contribution in [0.25, 0.3) is 6.08 Å². The van der Waals surface area contributed by atoms with Crippen LogP contribution in [0.5, 0.6) is 23.0 Å². The average molecular weight is 408 g/mol. The van der Waals surface area contributed by atoms with Crippen molar-refractivity contribution in [3.63, 3.8) is 0 Å². The van der Waals surface area contributed by atoms with Gasteiger partial charge in [-0.3, -0.25) is 4.79 Å². The van der Waals surface area contributed by atoms with Crippen molar-refractivity contribution in [3.8, 4) is 23.0 Å². The van der Waals surface area contributed by atoms with Crippen LogP contribution in [0, 0.1) is 0 Å². The van der Waals surface area contributed by atoms with Crippen molar-refractivity contribution in [1.82, 2.24) is 0 Å². The largest absolute Gasteiger partial charge is 0.508 e. The highest BCUT2D eigenvalue weighted by Gasteiger charge is 2.11. The van der Waals surface area contributed by atoms with E-state index in [1.165, 1.54) is 48.1 Å². The molecule has 158 valence electrons. The molecule has 0 unspecified atom stereocenters. The molecule has 2 aromatic carbocycles. The van der Waals surface area contributed by atoms with Gasteiger partial charge in [-0.25, -0.2) is 0 Å². The Labute approximate surface area is 177 Å². The van der Waals surface area contributed by atoms with Crippen LogP contribution in [0.2, 0.25) is 0 Å². The molecule has 0 aliphatic rings. The highest BCUT2D eigenvalue weighted by molar-refractivity contribution is 6.07. The van der Waals surface area contributed by atoms with Gasteiger partial charge in [-0.15, -0.1) is 0 Å². The summed E-state index contributed by atoms with van der Waals surface area (Å²) in [5, 5.41) is 39.6. The van der Waals surface area contributed by atoms with Gasteiger partial charge in [0.15, 0.2) is 17.3 Å². The van der Waals surface area contributed by atoms with Gasteiger partial charge in [0, 0.05) is 16.7 Å². The van der Waals surface area contributed by atoms with Crippen molar-refractivity contribution < 1.29 is 25.2 Å². The SMILES string of the molecule is CC(C)=CCC/C(C)=C/Cc1c(O)ccc(/C=C/C(=O)c2ccc(O)c(O)c2)c1O. The summed E-state index contributed by atoms with van der Waals surface area (Å²) >= 11 is 0. The van der Waals surface area contributed by atoms with Gasteiger partial charge in [0.1, 0.15) is 11.5 Å². The molecule has 0 aliphatic heterocycles. The van der Waals surface area contributed by atoms with Crippen molar-refractivity contribution >= 4 is 11.9 Å². The Kier molecular flexibility index (Phi) is 7.87. The van der Waals surface area contributed by atoms with Crippen LogP contribution < -0.4 is 0 Å². The van der Waals surface area contributed by atoms with E-state index in [1.807, 2.05) is 13.0 Å². The summed E-state index contributed by atoms with van der Waals surface area (Å²) in [4.78, 5) is 12.3. The summed E-state index contributed by atoms with van der Waals surface area (Å²) in [6.07, 6.45) is 9.09. The monoisotopic (exact) mass is 408 g/mol. The molecule has 2 rings (SSSR count). The average Bonchev–Trinajstić information content (AvgIpc) is 2.68. The van der Waals surface area contributed by atoms with Crippen LogP contribution >= 0.6 is 0 Å². The van der Waals surface area contributed by atoms with Crippen molar-refractivity contribution in [1.29, 1.82) is 0 Å². The van der Waals surface area contributed by atoms with E-state index in [9.17, 15) is 25.2 Å². The third-order valence-corrected chi connectivity index (χ3v) is 4.71. The van der Waals surface area contributed by atoms with E-state index in [4.69, 9.17) is 0 Å². The minimum atomic E-state index is -0.394. The van der Waals surface area contributed by atoms with E-state index in [0.29, 0.717) is 17.5 Å². The molecule has 2 aromatic rings. The number of carbonyl (C=O) groups is 1. The molecule has 0 saturated carbocycles. The van der Waals surface area contributed by atoms with Crippen LogP contribution in [0.3, 0.4) is 0 Å². The van der Waals surface area contributed by atoms with Gasteiger partial charge >= 0.3 is 0 Å². The lowest BCUT2D eigenvalue weighted by molar-refractivity contribution is 0.104. The van der Waals surface area contributed by atoms with Gasteiger partial charge in [0.2, 0.25) is 0 Å². The Hall–Kier alpha value is -3.47. The van der Waals surface area contributed by atoms with Crippen molar-refractivity contribution in [2.45, 2.75) is 40.0 Å². The van der Waals surface area contributed by atoms with Gasteiger partial charge < -0.3 is 20.4 Å². The summed E-state index contributed by atoms with van der Waals surface area (Å²) < 4.78 is 0. The number of allylic oxidation sites excluding steroid dienone is 5. The first-order valence-corrected chi connectivity index (χ1v) is 9.76. The predicted octanol–water partition coefficient (Wildman–Crippen LogP) is 5.64. The molecule has 4 N–H and O–H groups in total. The number of aromatic hydroxyl groups is 4. The Morgan fingerprint density at radius 2 is 1.60 bits per heavy atom. The molecule has 0 aliphatic carbocycles. The Morgan fingerprint density at radius 3 is 2.27 bits per heavy atom. The molecule has 0 fully saturated rings. The highest BCUT2D eigenvalue weighted by atomic mass is 16.3. The standard InChI is InChI=1S/C25H28O5/c1-16(2)5-4-6-17(3)7-11-20-22(27)13-9-18(25(20)30)8-12-21(26)19-10-14-23(28)24(29)15-19/h5,7-10,12-15,27-30H,4,6,11H2,1-3H3/b12-8+,17-7+. The minimum Gasteiger partial charge on any atom is -0.508 e. The van der Waals surface area contributed by atoms with E-state index in [0.717, 1.165) is 18.4 Å². The summed E-state index contributed by atoms with van der Waals surface area (Å²) in [7, 11) is 0. The third-order valence-electron chi connectivity index (χ3n) is 4.71. The maximum Gasteiger partial charge on any atom is 0.185 e. The quantitative estimate of drug-likeness (QED) is 0.196. The number of benzene rings is 2. The van der Waals surface area contributed by atoms with Crippen molar-refractivity contribution in [2.75, 3.05) is 0 Å².